The highest BCUT2D eigenvalue weighted by atomic mass is 35.5. The minimum absolute atomic E-state index is 0.188. The minimum atomic E-state index is 0.188. The van der Waals surface area contributed by atoms with E-state index in [-0.39, 0.29) is 5.91 Å². The van der Waals surface area contributed by atoms with Crippen molar-refractivity contribution in [2.75, 3.05) is 19.6 Å². The van der Waals surface area contributed by atoms with E-state index in [0.29, 0.717) is 18.1 Å². The molecule has 0 bridgehead atoms. The fourth-order valence-corrected chi connectivity index (χ4v) is 3.26. The molecule has 1 fully saturated rings. The molecule has 1 aliphatic heterocycles. The Morgan fingerprint density at radius 3 is 2.54 bits per heavy atom. The van der Waals surface area contributed by atoms with E-state index in [9.17, 15) is 4.79 Å². The van der Waals surface area contributed by atoms with Gasteiger partial charge in [-0.3, -0.25) is 4.79 Å². The molecule has 0 radical (unpaired) electrons. The highest BCUT2D eigenvalue weighted by Gasteiger charge is 2.18. The second-order valence-electron chi connectivity index (χ2n) is 6.23. The molecule has 24 heavy (non-hydrogen) atoms. The Morgan fingerprint density at radius 2 is 1.88 bits per heavy atom. The maximum absolute atomic E-state index is 12.1. The van der Waals surface area contributed by atoms with E-state index in [2.05, 4.69) is 10.4 Å². The zero-order valence-electron chi connectivity index (χ0n) is 14.2. The summed E-state index contributed by atoms with van der Waals surface area (Å²) in [6.45, 7) is 6.86. The molecule has 1 amide bonds. The molecular weight excluding hydrogens is 324 g/mol. The van der Waals surface area contributed by atoms with E-state index in [1.807, 2.05) is 47.7 Å². The predicted molar refractivity (Wildman–Crippen MR) is 95.6 cm³/mol. The molecule has 3 rings (SSSR count). The van der Waals surface area contributed by atoms with Crippen molar-refractivity contribution in [2.24, 2.45) is 0 Å². The van der Waals surface area contributed by atoms with Crippen LogP contribution in [0, 0.1) is 13.8 Å². The molecule has 128 valence electrons. The topological polar surface area (TPSA) is 50.2 Å². The van der Waals surface area contributed by atoms with Gasteiger partial charge in [-0.1, -0.05) is 11.6 Å². The SMILES string of the molecule is Cc1nn(-c2ccc(Cl)cc2)c(C)c1CNCC(=O)N1CCCC1. The number of hydrogen-bond acceptors (Lipinski definition) is 3. The van der Waals surface area contributed by atoms with E-state index in [4.69, 9.17) is 11.6 Å². The van der Waals surface area contributed by atoms with Crippen LogP contribution in [0.3, 0.4) is 0 Å². The monoisotopic (exact) mass is 346 g/mol. The fraction of sp³-hybridized carbons (Fsp3) is 0.444. The number of carbonyl (C=O) groups is 1. The number of aromatic nitrogens is 2. The first-order chi connectivity index (χ1) is 11.6. The summed E-state index contributed by atoms with van der Waals surface area (Å²) in [4.78, 5) is 14.0. The third-order valence-corrected chi connectivity index (χ3v) is 4.80. The van der Waals surface area contributed by atoms with E-state index in [0.717, 1.165) is 48.6 Å². The van der Waals surface area contributed by atoms with E-state index in [1.54, 1.807) is 0 Å². The molecule has 2 heterocycles. The lowest BCUT2D eigenvalue weighted by Crippen LogP contribution is -2.36. The Kier molecular flexibility index (Phi) is 5.21. The molecular formula is C18H23ClN4O. The summed E-state index contributed by atoms with van der Waals surface area (Å²) in [5.74, 6) is 0.188. The number of carbonyl (C=O) groups excluding carboxylic acids is 1. The van der Waals surface area contributed by atoms with Gasteiger partial charge in [0, 0.05) is 35.9 Å². The van der Waals surface area contributed by atoms with Crippen LogP contribution < -0.4 is 5.32 Å². The van der Waals surface area contributed by atoms with Gasteiger partial charge in [0.05, 0.1) is 17.9 Å². The molecule has 0 atom stereocenters. The van der Waals surface area contributed by atoms with Crippen molar-refractivity contribution in [3.8, 4) is 5.69 Å². The van der Waals surface area contributed by atoms with Gasteiger partial charge in [0.15, 0.2) is 0 Å². The lowest BCUT2D eigenvalue weighted by Gasteiger charge is -2.15. The number of benzene rings is 1. The van der Waals surface area contributed by atoms with E-state index >= 15 is 0 Å². The van der Waals surface area contributed by atoms with Gasteiger partial charge in [0.2, 0.25) is 5.91 Å². The summed E-state index contributed by atoms with van der Waals surface area (Å²) >= 11 is 5.95. The van der Waals surface area contributed by atoms with Gasteiger partial charge in [-0.25, -0.2) is 4.68 Å². The van der Waals surface area contributed by atoms with Crippen LogP contribution in [0.1, 0.15) is 29.8 Å². The van der Waals surface area contributed by atoms with Gasteiger partial charge in [0.1, 0.15) is 0 Å². The Hall–Kier alpha value is -1.85. The maximum Gasteiger partial charge on any atom is 0.236 e. The normalized spacial score (nSPS) is 14.4. The summed E-state index contributed by atoms with van der Waals surface area (Å²) in [5, 5.41) is 8.60. The number of halogens is 1. The van der Waals surface area contributed by atoms with Gasteiger partial charge in [0.25, 0.3) is 0 Å². The average molecular weight is 347 g/mol. The van der Waals surface area contributed by atoms with Crippen molar-refractivity contribution in [2.45, 2.75) is 33.2 Å². The van der Waals surface area contributed by atoms with Crippen molar-refractivity contribution < 1.29 is 4.79 Å². The van der Waals surface area contributed by atoms with Crippen LogP contribution in [0.4, 0.5) is 0 Å². The number of nitrogens with zero attached hydrogens (tertiary/aromatic N) is 3. The first-order valence-electron chi connectivity index (χ1n) is 8.36. The van der Waals surface area contributed by atoms with Crippen LogP contribution >= 0.6 is 11.6 Å². The van der Waals surface area contributed by atoms with Gasteiger partial charge in [-0.15, -0.1) is 0 Å². The van der Waals surface area contributed by atoms with Crippen LogP contribution in [0.2, 0.25) is 5.02 Å². The lowest BCUT2D eigenvalue weighted by atomic mass is 10.2. The quantitative estimate of drug-likeness (QED) is 0.905. The average Bonchev–Trinajstić information content (AvgIpc) is 3.19. The molecule has 0 unspecified atom stereocenters. The molecule has 0 saturated carbocycles. The molecule has 0 spiro atoms. The van der Waals surface area contributed by atoms with E-state index in [1.165, 1.54) is 0 Å². The van der Waals surface area contributed by atoms with Crippen molar-refractivity contribution in [3.63, 3.8) is 0 Å². The summed E-state index contributed by atoms with van der Waals surface area (Å²) in [6.07, 6.45) is 2.25. The number of likely N-dealkylation sites (tertiary alicyclic amines) is 1. The Bertz CT molecular complexity index is 717. The van der Waals surface area contributed by atoms with Crippen molar-refractivity contribution in [3.05, 3.63) is 46.2 Å². The van der Waals surface area contributed by atoms with Crippen LogP contribution in [-0.4, -0.2) is 40.2 Å². The first-order valence-corrected chi connectivity index (χ1v) is 8.73. The lowest BCUT2D eigenvalue weighted by molar-refractivity contribution is -0.129. The van der Waals surface area contributed by atoms with Gasteiger partial charge in [-0.2, -0.15) is 5.10 Å². The summed E-state index contributed by atoms with van der Waals surface area (Å²) in [7, 11) is 0. The van der Waals surface area contributed by atoms with Gasteiger partial charge in [-0.05, 0) is 51.0 Å². The smallest absolute Gasteiger partial charge is 0.236 e. The molecule has 1 aromatic carbocycles. The Morgan fingerprint density at radius 1 is 1.21 bits per heavy atom. The third-order valence-electron chi connectivity index (χ3n) is 4.55. The fourth-order valence-electron chi connectivity index (χ4n) is 3.14. The summed E-state index contributed by atoms with van der Waals surface area (Å²) < 4.78 is 1.92. The molecule has 1 aromatic heterocycles. The molecule has 1 saturated heterocycles. The first kappa shape index (κ1) is 17.0. The Balaban J connectivity index is 1.65. The van der Waals surface area contributed by atoms with Crippen molar-refractivity contribution >= 4 is 17.5 Å². The van der Waals surface area contributed by atoms with Crippen LogP contribution in [0.25, 0.3) is 5.69 Å². The number of rotatable bonds is 5. The largest absolute Gasteiger partial charge is 0.342 e. The molecule has 0 aliphatic carbocycles. The second-order valence-corrected chi connectivity index (χ2v) is 6.67. The number of aryl methyl sites for hydroxylation is 1. The molecule has 6 heteroatoms. The number of hydrogen-bond donors (Lipinski definition) is 1. The third kappa shape index (κ3) is 3.62. The van der Waals surface area contributed by atoms with Gasteiger partial charge < -0.3 is 10.2 Å². The standard InChI is InChI=1S/C18H23ClN4O/c1-13-17(11-20-12-18(24)22-9-3-4-10-22)14(2)23(21-13)16-7-5-15(19)6-8-16/h5-8,20H,3-4,9-12H2,1-2H3. The molecule has 1 N–H and O–H groups in total. The van der Waals surface area contributed by atoms with Crippen molar-refractivity contribution in [1.29, 1.82) is 0 Å². The molecule has 1 aliphatic rings. The molecule has 2 aromatic rings. The number of nitrogens with one attached hydrogen (secondary N) is 1. The summed E-state index contributed by atoms with van der Waals surface area (Å²) in [6, 6.07) is 7.63. The van der Waals surface area contributed by atoms with Gasteiger partial charge >= 0.3 is 0 Å². The van der Waals surface area contributed by atoms with Crippen LogP contribution in [0.5, 0.6) is 0 Å². The second kappa shape index (κ2) is 7.36. The Labute approximate surface area is 147 Å². The highest BCUT2D eigenvalue weighted by molar-refractivity contribution is 6.30. The maximum atomic E-state index is 12.1. The zero-order chi connectivity index (χ0) is 17.1. The van der Waals surface area contributed by atoms with Crippen molar-refractivity contribution in [1.82, 2.24) is 20.0 Å². The predicted octanol–water partition coefficient (Wildman–Crippen LogP) is 2.85. The summed E-state index contributed by atoms with van der Waals surface area (Å²) in [5.41, 5.74) is 4.18. The molecule has 5 nitrogen and oxygen atoms in total. The van der Waals surface area contributed by atoms with E-state index < -0.39 is 0 Å². The highest BCUT2D eigenvalue weighted by Crippen LogP contribution is 2.19. The van der Waals surface area contributed by atoms with Crippen LogP contribution in [0.15, 0.2) is 24.3 Å². The minimum Gasteiger partial charge on any atom is -0.342 e. The number of amides is 1. The van der Waals surface area contributed by atoms with Crippen LogP contribution in [-0.2, 0) is 11.3 Å². The zero-order valence-corrected chi connectivity index (χ0v) is 14.9.